The molecule has 0 aliphatic carbocycles. The Bertz CT molecular complexity index is 364. The molecule has 1 aromatic heterocycles. The summed E-state index contributed by atoms with van der Waals surface area (Å²) in [4.78, 5) is 12.3. The predicted molar refractivity (Wildman–Crippen MR) is 74.9 cm³/mol. The second-order valence-corrected chi connectivity index (χ2v) is 4.96. The Kier molecular flexibility index (Phi) is 6.51. The van der Waals surface area contributed by atoms with E-state index in [0.717, 1.165) is 13.0 Å². The zero-order valence-corrected chi connectivity index (χ0v) is 11.8. The first-order valence-corrected chi connectivity index (χ1v) is 7.10. The molecular weight excluding hydrogens is 252 g/mol. The van der Waals surface area contributed by atoms with Crippen molar-refractivity contribution in [2.45, 2.75) is 25.5 Å². The molecule has 4 N–H and O–H groups in total. The monoisotopic (exact) mass is 272 g/mol. The maximum atomic E-state index is 5.37. The third-order valence-electron chi connectivity index (χ3n) is 2.13. The average molecular weight is 272 g/mol. The molecule has 102 valence electrons. The number of ether oxygens (including phenoxy) is 1. The van der Waals surface area contributed by atoms with Crippen molar-refractivity contribution >= 4 is 23.7 Å². The van der Waals surface area contributed by atoms with Crippen LogP contribution in [0.15, 0.2) is 0 Å². The molecule has 0 radical (unpaired) electrons. The van der Waals surface area contributed by atoms with Gasteiger partial charge in [0.1, 0.15) is 0 Å². The molecule has 0 fully saturated rings. The quantitative estimate of drug-likeness (QED) is 0.478. The highest BCUT2D eigenvalue weighted by Crippen LogP contribution is 2.12. The predicted octanol–water partition coefficient (Wildman–Crippen LogP) is 1.11. The van der Waals surface area contributed by atoms with E-state index in [-0.39, 0.29) is 12.0 Å². The lowest BCUT2D eigenvalue weighted by Gasteiger charge is -2.11. The number of nitrogens with two attached hydrogens (primary N) is 1. The van der Waals surface area contributed by atoms with E-state index in [1.807, 2.05) is 6.92 Å². The van der Waals surface area contributed by atoms with Gasteiger partial charge in [-0.3, -0.25) is 5.43 Å². The van der Waals surface area contributed by atoms with Crippen molar-refractivity contribution in [3.8, 4) is 6.01 Å². The van der Waals surface area contributed by atoms with Crippen molar-refractivity contribution in [2.24, 2.45) is 5.84 Å². The van der Waals surface area contributed by atoms with E-state index in [0.29, 0.717) is 17.8 Å². The Hall–Kier alpha value is -1.28. The van der Waals surface area contributed by atoms with Gasteiger partial charge < -0.3 is 10.1 Å². The SMILES string of the molecule is CCCOc1nc(NN)nc(NCC(C)SC)n1. The fourth-order valence-electron chi connectivity index (χ4n) is 1.08. The fraction of sp³-hybridized carbons (Fsp3) is 0.700. The minimum atomic E-state index is 0.277. The lowest BCUT2D eigenvalue weighted by atomic mass is 10.5. The van der Waals surface area contributed by atoms with Crippen LogP contribution in [0.25, 0.3) is 0 Å². The first-order chi connectivity index (χ1) is 8.69. The van der Waals surface area contributed by atoms with Crippen molar-refractivity contribution in [1.82, 2.24) is 15.0 Å². The maximum Gasteiger partial charge on any atom is 0.323 e. The minimum Gasteiger partial charge on any atom is -0.463 e. The van der Waals surface area contributed by atoms with Crippen molar-refractivity contribution < 1.29 is 4.74 Å². The van der Waals surface area contributed by atoms with Crippen molar-refractivity contribution in [3.63, 3.8) is 0 Å². The number of hydrazine groups is 1. The van der Waals surface area contributed by atoms with E-state index in [4.69, 9.17) is 10.6 Å². The smallest absolute Gasteiger partial charge is 0.323 e. The summed E-state index contributed by atoms with van der Waals surface area (Å²) < 4.78 is 5.37. The molecule has 1 unspecified atom stereocenters. The van der Waals surface area contributed by atoms with Crippen LogP contribution in [0, 0.1) is 0 Å². The van der Waals surface area contributed by atoms with Crippen LogP contribution in [0.4, 0.5) is 11.9 Å². The standard InChI is InChI=1S/C10H20N6OS/c1-4-5-17-10-14-8(12-6-7(2)18-3)13-9(15-10)16-11/h7H,4-6,11H2,1-3H3,(H2,12,13,14,15,16). The van der Waals surface area contributed by atoms with Crippen LogP contribution in [-0.4, -0.2) is 39.6 Å². The van der Waals surface area contributed by atoms with Crippen molar-refractivity contribution in [2.75, 3.05) is 30.1 Å². The van der Waals surface area contributed by atoms with Gasteiger partial charge in [-0.15, -0.1) is 0 Å². The van der Waals surface area contributed by atoms with Gasteiger partial charge in [-0.05, 0) is 12.7 Å². The van der Waals surface area contributed by atoms with Crippen LogP contribution in [0.1, 0.15) is 20.3 Å². The molecule has 0 aromatic carbocycles. The van der Waals surface area contributed by atoms with Crippen LogP contribution in [-0.2, 0) is 0 Å². The summed E-state index contributed by atoms with van der Waals surface area (Å²) in [5, 5.41) is 3.60. The molecule has 0 saturated carbocycles. The Morgan fingerprint density at radius 1 is 1.33 bits per heavy atom. The van der Waals surface area contributed by atoms with E-state index < -0.39 is 0 Å². The number of nitrogens with zero attached hydrogens (tertiary/aromatic N) is 3. The van der Waals surface area contributed by atoms with Crippen LogP contribution in [0.3, 0.4) is 0 Å². The third kappa shape index (κ3) is 4.92. The van der Waals surface area contributed by atoms with E-state index in [2.05, 4.69) is 38.9 Å². The highest BCUT2D eigenvalue weighted by Gasteiger charge is 2.07. The second kappa shape index (κ2) is 7.93. The number of nitrogen functional groups attached to an aromatic ring is 1. The van der Waals surface area contributed by atoms with Gasteiger partial charge in [-0.1, -0.05) is 13.8 Å². The molecule has 8 heteroatoms. The summed E-state index contributed by atoms with van der Waals surface area (Å²) in [7, 11) is 0. The molecule has 0 saturated heterocycles. The number of nitrogens with one attached hydrogen (secondary N) is 2. The number of aromatic nitrogens is 3. The molecule has 7 nitrogen and oxygen atoms in total. The van der Waals surface area contributed by atoms with Crippen molar-refractivity contribution in [3.05, 3.63) is 0 Å². The lowest BCUT2D eigenvalue weighted by Crippen LogP contribution is -2.18. The topological polar surface area (TPSA) is 98.0 Å². The maximum absolute atomic E-state index is 5.37. The molecule has 0 aliphatic heterocycles. The Morgan fingerprint density at radius 3 is 2.67 bits per heavy atom. The molecule has 0 aliphatic rings. The Labute approximate surface area is 111 Å². The van der Waals surface area contributed by atoms with Gasteiger partial charge in [0.05, 0.1) is 6.61 Å². The van der Waals surface area contributed by atoms with Gasteiger partial charge in [-0.2, -0.15) is 26.7 Å². The van der Waals surface area contributed by atoms with E-state index >= 15 is 0 Å². The third-order valence-corrected chi connectivity index (χ3v) is 3.10. The normalized spacial score (nSPS) is 12.0. The molecule has 18 heavy (non-hydrogen) atoms. The number of rotatable bonds is 8. The Balaban J connectivity index is 2.70. The number of anilines is 2. The molecular formula is C10H20N6OS. The molecule has 1 atom stereocenters. The lowest BCUT2D eigenvalue weighted by molar-refractivity contribution is 0.292. The number of thioether (sulfide) groups is 1. The van der Waals surface area contributed by atoms with Gasteiger partial charge in [0.15, 0.2) is 0 Å². The fourth-order valence-corrected chi connectivity index (χ4v) is 1.33. The van der Waals surface area contributed by atoms with Crippen molar-refractivity contribution in [1.29, 1.82) is 0 Å². The van der Waals surface area contributed by atoms with Gasteiger partial charge >= 0.3 is 6.01 Å². The summed E-state index contributed by atoms with van der Waals surface area (Å²) in [5.41, 5.74) is 2.40. The molecule has 0 bridgehead atoms. The summed E-state index contributed by atoms with van der Waals surface area (Å²) in [6, 6.07) is 0.277. The van der Waals surface area contributed by atoms with Crippen LogP contribution in [0.2, 0.25) is 0 Å². The summed E-state index contributed by atoms with van der Waals surface area (Å²) in [6.45, 7) is 5.47. The zero-order chi connectivity index (χ0) is 13.4. The van der Waals surface area contributed by atoms with Gasteiger partial charge in [0.2, 0.25) is 11.9 Å². The largest absolute Gasteiger partial charge is 0.463 e. The summed E-state index contributed by atoms with van der Waals surface area (Å²) >= 11 is 1.77. The van der Waals surface area contributed by atoms with Gasteiger partial charge in [0.25, 0.3) is 0 Å². The Morgan fingerprint density at radius 2 is 2.06 bits per heavy atom. The van der Waals surface area contributed by atoms with Crippen LogP contribution < -0.4 is 21.3 Å². The average Bonchev–Trinajstić information content (AvgIpc) is 2.42. The number of hydrogen-bond donors (Lipinski definition) is 3. The second-order valence-electron chi connectivity index (χ2n) is 3.69. The zero-order valence-electron chi connectivity index (χ0n) is 10.9. The van der Waals surface area contributed by atoms with Gasteiger partial charge in [0, 0.05) is 11.8 Å². The first kappa shape index (κ1) is 14.8. The highest BCUT2D eigenvalue weighted by molar-refractivity contribution is 7.99. The summed E-state index contributed by atoms with van der Waals surface area (Å²) in [5.74, 6) is 6.06. The molecule has 1 aromatic rings. The molecule has 0 amide bonds. The highest BCUT2D eigenvalue weighted by atomic mass is 32.2. The molecule has 0 spiro atoms. The molecule has 1 heterocycles. The van der Waals surface area contributed by atoms with E-state index in [9.17, 15) is 0 Å². The first-order valence-electron chi connectivity index (χ1n) is 5.81. The number of hydrogen-bond acceptors (Lipinski definition) is 8. The minimum absolute atomic E-state index is 0.277. The van der Waals surface area contributed by atoms with E-state index in [1.165, 1.54) is 0 Å². The van der Waals surface area contributed by atoms with Gasteiger partial charge in [-0.25, -0.2) is 5.84 Å². The summed E-state index contributed by atoms with van der Waals surface area (Å²) in [6.07, 6.45) is 2.95. The molecule has 1 rings (SSSR count). The van der Waals surface area contributed by atoms with Crippen LogP contribution in [0.5, 0.6) is 6.01 Å². The van der Waals surface area contributed by atoms with E-state index in [1.54, 1.807) is 11.8 Å². The van der Waals surface area contributed by atoms with Crippen LogP contribution >= 0.6 is 11.8 Å².